The number of thiophene rings is 1. The highest BCUT2D eigenvalue weighted by molar-refractivity contribution is 7.26. The summed E-state index contributed by atoms with van der Waals surface area (Å²) in [6.07, 6.45) is -4.36. The quantitative estimate of drug-likeness (QED) is 0.379. The lowest BCUT2D eigenvalue weighted by Crippen LogP contribution is -2.08. The van der Waals surface area contributed by atoms with Crippen LogP contribution in [0.1, 0.15) is 5.56 Å². The number of alkyl halides is 3. The van der Waals surface area contributed by atoms with E-state index in [0.717, 1.165) is 27.5 Å². The molecule has 0 amide bonds. The maximum atomic E-state index is 13.4. The molecule has 0 unspecified atom stereocenters. The summed E-state index contributed by atoms with van der Waals surface area (Å²) in [7, 11) is 1.93. The normalized spacial score (nSPS) is 12.0. The van der Waals surface area contributed by atoms with Gasteiger partial charge in [-0.3, -0.25) is 0 Å². The van der Waals surface area contributed by atoms with Crippen LogP contribution in [0.2, 0.25) is 0 Å². The van der Waals surface area contributed by atoms with Gasteiger partial charge in [-0.15, -0.1) is 11.3 Å². The Morgan fingerprint density at radius 1 is 0.760 bits per heavy atom. The van der Waals surface area contributed by atoms with Crippen LogP contribution < -0.4 is 4.90 Å². The molecule has 0 atom stereocenters. The van der Waals surface area contributed by atoms with Gasteiger partial charge in [-0.1, -0.05) is 42.5 Å². The van der Waals surface area contributed by atoms with Gasteiger partial charge in [0.05, 0.1) is 16.0 Å². The van der Waals surface area contributed by atoms with Crippen molar-refractivity contribution in [1.82, 2.24) is 0 Å². The van der Waals surface area contributed by atoms with Gasteiger partial charge in [0.15, 0.2) is 0 Å². The average molecular weight is 357 g/mol. The number of para-hydroxylation sites is 1. The van der Waals surface area contributed by atoms with Gasteiger partial charge in [-0.2, -0.15) is 13.2 Å². The molecule has 0 saturated heterocycles. The van der Waals surface area contributed by atoms with E-state index in [1.165, 1.54) is 17.4 Å². The monoisotopic (exact) mass is 357 g/mol. The molecule has 0 N–H and O–H groups in total. The summed E-state index contributed by atoms with van der Waals surface area (Å²) in [5, 5.41) is 1.50. The van der Waals surface area contributed by atoms with Crippen molar-refractivity contribution >= 4 is 42.9 Å². The van der Waals surface area contributed by atoms with Crippen LogP contribution in [0.4, 0.5) is 24.5 Å². The van der Waals surface area contributed by atoms with E-state index in [0.29, 0.717) is 10.1 Å². The van der Waals surface area contributed by atoms with Crippen LogP contribution in [0.15, 0.2) is 66.7 Å². The molecule has 0 aliphatic rings. The molecule has 0 radical (unpaired) electrons. The second-order valence-electron chi connectivity index (χ2n) is 5.83. The number of anilines is 2. The molecular formula is C20H14F3NS. The zero-order chi connectivity index (χ0) is 17.6. The van der Waals surface area contributed by atoms with Crippen molar-refractivity contribution in [2.24, 2.45) is 0 Å². The van der Waals surface area contributed by atoms with E-state index < -0.39 is 11.7 Å². The fourth-order valence-corrected chi connectivity index (χ4v) is 4.47. The Labute approximate surface area is 146 Å². The Kier molecular flexibility index (Phi) is 3.69. The predicted octanol–water partition coefficient (Wildman–Crippen LogP) is 6.84. The van der Waals surface area contributed by atoms with Gasteiger partial charge in [-0.25, -0.2) is 0 Å². The first-order valence-electron chi connectivity index (χ1n) is 7.77. The molecule has 0 bridgehead atoms. The number of nitrogens with zero attached hydrogens (tertiary/aromatic N) is 1. The van der Waals surface area contributed by atoms with Gasteiger partial charge >= 0.3 is 6.18 Å². The van der Waals surface area contributed by atoms with Crippen molar-refractivity contribution in [3.63, 3.8) is 0 Å². The first-order valence-corrected chi connectivity index (χ1v) is 8.58. The number of hydrogen-bond acceptors (Lipinski definition) is 2. The van der Waals surface area contributed by atoms with Crippen LogP contribution in [0, 0.1) is 0 Å². The molecule has 4 aromatic rings. The van der Waals surface area contributed by atoms with Crippen molar-refractivity contribution in [1.29, 1.82) is 0 Å². The zero-order valence-corrected chi connectivity index (χ0v) is 14.2. The van der Waals surface area contributed by atoms with Crippen molar-refractivity contribution < 1.29 is 13.2 Å². The first-order chi connectivity index (χ1) is 12.0. The van der Waals surface area contributed by atoms with Crippen molar-refractivity contribution in [2.75, 3.05) is 11.9 Å². The molecular weight excluding hydrogens is 343 g/mol. The second kappa shape index (κ2) is 5.77. The third kappa shape index (κ3) is 2.65. The lowest BCUT2D eigenvalue weighted by molar-refractivity contribution is -0.136. The summed E-state index contributed by atoms with van der Waals surface area (Å²) in [4.78, 5) is 2.00. The largest absolute Gasteiger partial charge is 0.417 e. The lowest BCUT2D eigenvalue weighted by Gasteiger charge is -2.20. The molecule has 1 nitrogen and oxygen atoms in total. The molecule has 1 aromatic heterocycles. The highest BCUT2D eigenvalue weighted by Gasteiger charge is 2.33. The minimum absolute atomic E-state index is 0.291. The molecule has 0 aliphatic heterocycles. The highest BCUT2D eigenvalue weighted by Crippen LogP contribution is 2.45. The summed E-state index contributed by atoms with van der Waals surface area (Å²) in [6, 6.07) is 19.9. The third-order valence-electron chi connectivity index (χ3n) is 4.31. The predicted molar refractivity (Wildman–Crippen MR) is 98.8 cm³/mol. The van der Waals surface area contributed by atoms with Crippen LogP contribution >= 0.6 is 11.3 Å². The summed E-state index contributed by atoms with van der Waals surface area (Å²) >= 11 is 1.20. The summed E-state index contributed by atoms with van der Waals surface area (Å²) < 4.78 is 41.3. The first kappa shape index (κ1) is 16.0. The maximum absolute atomic E-state index is 13.4. The zero-order valence-electron chi connectivity index (χ0n) is 13.3. The van der Waals surface area contributed by atoms with E-state index in [4.69, 9.17) is 0 Å². The van der Waals surface area contributed by atoms with Crippen LogP contribution in [0.25, 0.3) is 20.2 Å². The van der Waals surface area contributed by atoms with Crippen molar-refractivity contribution in [3.05, 3.63) is 72.3 Å². The Morgan fingerprint density at radius 3 is 2.08 bits per heavy atom. The topological polar surface area (TPSA) is 3.24 Å². The Balaban J connectivity index is 1.99. The smallest absolute Gasteiger partial charge is 0.343 e. The van der Waals surface area contributed by atoms with Gasteiger partial charge in [0, 0.05) is 28.2 Å². The fourth-order valence-electron chi connectivity index (χ4n) is 3.08. The third-order valence-corrected chi connectivity index (χ3v) is 5.59. The molecule has 0 fully saturated rings. The van der Waals surface area contributed by atoms with Crippen LogP contribution in [0.3, 0.4) is 0 Å². The molecule has 0 saturated carbocycles. The van der Waals surface area contributed by atoms with E-state index >= 15 is 0 Å². The van der Waals surface area contributed by atoms with Gasteiger partial charge < -0.3 is 4.90 Å². The molecule has 0 spiro atoms. The van der Waals surface area contributed by atoms with E-state index in [-0.39, 0.29) is 0 Å². The summed E-state index contributed by atoms with van der Waals surface area (Å²) in [5.41, 5.74) is 1.32. The molecule has 126 valence electrons. The Bertz CT molecular complexity index is 1050. The maximum Gasteiger partial charge on any atom is 0.417 e. The van der Waals surface area contributed by atoms with Crippen LogP contribution in [-0.2, 0) is 6.18 Å². The van der Waals surface area contributed by atoms with Crippen LogP contribution in [-0.4, -0.2) is 7.05 Å². The van der Waals surface area contributed by atoms with Gasteiger partial charge in [-0.05, 0) is 24.3 Å². The molecule has 5 heteroatoms. The Morgan fingerprint density at radius 2 is 1.40 bits per heavy atom. The number of halogens is 3. The van der Waals surface area contributed by atoms with E-state index in [1.807, 2.05) is 60.5 Å². The molecule has 1 heterocycles. The van der Waals surface area contributed by atoms with E-state index in [2.05, 4.69) is 0 Å². The minimum atomic E-state index is -4.36. The summed E-state index contributed by atoms with van der Waals surface area (Å²) in [6.45, 7) is 0. The molecule has 4 rings (SSSR count). The Hall–Kier alpha value is -2.53. The summed E-state index contributed by atoms with van der Waals surface area (Å²) in [5.74, 6) is 0. The lowest BCUT2D eigenvalue weighted by atomic mass is 10.1. The molecule has 25 heavy (non-hydrogen) atoms. The fraction of sp³-hybridized carbons (Fsp3) is 0.100. The number of rotatable bonds is 2. The van der Waals surface area contributed by atoms with E-state index in [9.17, 15) is 13.2 Å². The molecule has 0 aliphatic carbocycles. The molecule has 3 aromatic carbocycles. The second-order valence-corrected chi connectivity index (χ2v) is 6.85. The average Bonchev–Trinajstić information content (AvgIpc) is 2.99. The highest BCUT2D eigenvalue weighted by atomic mass is 32.1. The number of hydrogen-bond donors (Lipinski definition) is 0. The van der Waals surface area contributed by atoms with Crippen molar-refractivity contribution in [2.45, 2.75) is 6.18 Å². The van der Waals surface area contributed by atoms with Gasteiger partial charge in [0.1, 0.15) is 0 Å². The number of fused-ring (bicyclic) bond motifs is 3. The van der Waals surface area contributed by atoms with Gasteiger partial charge in [0.25, 0.3) is 0 Å². The number of benzene rings is 3. The SMILES string of the molecule is CN(c1ccccc1)c1cccc2c1sc1c(C(F)(F)F)cccc12. The minimum Gasteiger partial charge on any atom is -0.343 e. The van der Waals surface area contributed by atoms with Gasteiger partial charge in [0.2, 0.25) is 0 Å². The standard InChI is InChI=1S/C20H14F3NS/c1-24(13-7-3-2-4-8-13)17-12-6-10-15-14-9-5-11-16(20(21,22)23)18(14)25-19(15)17/h2-12H,1H3. The van der Waals surface area contributed by atoms with Crippen LogP contribution in [0.5, 0.6) is 0 Å². The van der Waals surface area contributed by atoms with E-state index in [1.54, 1.807) is 6.07 Å². The van der Waals surface area contributed by atoms with Crippen molar-refractivity contribution in [3.8, 4) is 0 Å².